The molecule has 0 bridgehead atoms. The number of aryl methyl sites for hydroxylation is 1. The molecule has 188 valence electrons. The van der Waals surface area contributed by atoms with Crippen molar-refractivity contribution in [3.05, 3.63) is 45.9 Å². The van der Waals surface area contributed by atoms with Gasteiger partial charge in [0.15, 0.2) is 11.0 Å². The van der Waals surface area contributed by atoms with Crippen LogP contribution in [0.4, 0.5) is 0 Å². The fraction of sp³-hybridized carbons (Fsp3) is 0.500. The third-order valence-electron chi connectivity index (χ3n) is 6.07. The van der Waals surface area contributed by atoms with Gasteiger partial charge in [-0.05, 0) is 25.0 Å². The van der Waals surface area contributed by atoms with Crippen molar-refractivity contribution in [3.8, 4) is 0 Å². The van der Waals surface area contributed by atoms with Crippen LogP contribution in [0.1, 0.15) is 53.9 Å². The third kappa shape index (κ3) is 6.19. The molecule has 1 aromatic carbocycles. The van der Waals surface area contributed by atoms with Crippen LogP contribution in [0.15, 0.2) is 23.7 Å². The number of benzene rings is 1. The summed E-state index contributed by atoms with van der Waals surface area (Å²) in [6.07, 6.45) is 1.44. The van der Waals surface area contributed by atoms with E-state index in [9.17, 15) is 9.59 Å². The number of amides is 1. The highest BCUT2D eigenvalue weighted by Crippen LogP contribution is 2.23. The van der Waals surface area contributed by atoms with E-state index in [0.717, 1.165) is 35.4 Å². The Bertz CT molecular complexity index is 1180. The summed E-state index contributed by atoms with van der Waals surface area (Å²) in [6.45, 7) is 8.54. The van der Waals surface area contributed by atoms with Crippen LogP contribution in [0.2, 0.25) is 5.15 Å². The summed E-state index contributed by atoms with van der Waals surface area (Å²) in [4.78, 5) is 39.1. The highest BCUT2D eigenvalue weighted by Gasteiger charge is 2.31. The van der Waals surface area contributed by atoms with Crippen molar-refractivity contribution in [1.29, 1.82) is 0 Å². The van der Waals surface area contributed by atoms with E-state index in [-0.39, 0.29) is 35.8 Å². The predicted molar refractivity (Wildman–Crippen MR) is 137 cm³/mol. The molecular weight excluding hydrogens is 488 g/mol. The quantitative estimate of drug-likeness (QED) is 0.373. The largest absolute Gasteiger partial charge is 0.461 e. The summed E-state index contributed by atoms with van der Waals surface area (Å²) in [5.74, 6) is -0.352. The monoisotopic (exact) mass is 518 g/mol. The Kier molecular flexibility index (Phi) is 8.38. The molecule has 2 unspecified atom stereocenters. The number of rotatable bonds is 9. The number of carbonyl (C=O) groups excluding carboxylic acids is 2. The van der Waals surface area contributed by atoms with Crippen molar-refractivity contribution < 1.29 is 14.3 Å². The topological polar surface area (TPSA) is 112 Å². The highest BCUT2D eigenvalue weighted by atomic mass is 35.5. The van der Waals surface area contributed by atoms with E-state index in [1.54, 1.807) is 11.6 Å². The number of aromatic amines is 1. The number of ether oxygens (including phenoxy) is 1. The molecule has 4 rings (SSSR count). The lowest BCUT2D eigenvalue weighted by atomic mass is 9.98. The molecule has 35 heavy (non-hydrogen) atoms. The van der Waals surface area contributed by atoms with Crippen molar-refractivity contribution in [2.45, 2.75) is 51.7 Å². The van der Waals surface area contributed by atoms with Crippen LogP contribution in [-0.2, 0) is 11.2 Å². The molecule has 1 aliphatic rings. The number of esters is 1. The van der Waals surface area contributed by atoms with Gasteiger partial charge in [0.2, 0.25) is 0 Å². The van der Waals surface area contributed by atoms with Gasteiger partial charge in [-0.2, -0.15) is 0 Å². The Morgan fingerprint density at radius 1 is 1.34 bits per heavy atom. The first-order valence-corrected chi connectivity index (χ1v) is 13.1. The van der Waals surface area contributed by atoms with Gasteiger partial charge >= 0.3 is 5.97 Å². The van der Waals surface area contributed by atoms with E-state index < -0.39 is 0 Å². The molecular formula is C24H31ClN6O3S. The Morgan fingerprint density at radius 2 is 2.17 bits per heavy atom. The van der Waals surface area contributed by atoms with E-state index in [0.29, 0.717) is 30.3 Å². The molecule has 1 amide bonds. The smallest absolute Gasteiger partial charge is 0.339 e. The fourth-order valence-corrected chi connectivity index (χ4v) is 5.41. The van der Waals surface area contributed by atoms with Crippen molar-refractivity contribution in [2.75, 3.05) is 26.2 Å². The van der Waals surface area contributed by atoms with Crippen LogP contribution in [0.25, 0.3) is 10.2 Å². The number of imidazole rings is 1. The first-order chi connectivity index (χ1) is 16.9. The van der Waals surface area contributed by atoms with Crippen molar-refractivity contribution in [1.82, 2.24) is 30.5 Å². The minimum absolute atomic E-state index is 0.0467. The minimum atomic E-state index is -0.331. The van der Waals surface area contributed by atoms with Crippen LogP contribution in [0.3, 0.4) is 0 Å². The van der Waals surface area contributed by atoms with E-state index in [4.69, 9.17) is 16.3 Å². The zero-order valence-corrected chi connectivity index (χ0v) is 21.7. The molecule has 1 fully saturated rings. The number of fused-ring (bicyclic) bond motifs is 1. The Balaban J connectivity index is 1.32. The van der Waals surface area contributed by atoms with Crippen molar-refractivity contribution >= 4 is 45.0 Å². The van der Waals surface area contributed by atoms with Crippen molar-refractivity contribution in [2.24, 2.45) is 0 Å². The molecule has 0 spiro atoms. The lowest BCUT2D eigenvalue weighted by Crippen LogP contribution is -2.61. The maximum Gasteiger partial charge on any atom is 0.339 e. The summed E-state index contributed by atoms with van der Waals surface area (Å²) in [6, 6.07) is 5.72. The van der Waals surface area contributed by atoms with Crippen LogP contribution in [-0.4, -0.2) is 76.1 Å². The van der Waals surface area contributed by atoms with Gasteiger partial charge < -0.3 is 20.4 Å². The fourth-order valence-electron chi connectivity index (χ4n) is 4.35. The summed E-state index contributed by atoms with van der Waals surface area (Å²) in [5.41, 5.74) is 3.84. The minimum Gasteiger partial charge on any atom is -0.461 e. The van der Waals surface area contributed by atoms with E-state index in [1.807, 2.05) is 19.1 Å². The molecule has 0 saturated carbocycles. The molecule has 2 aromatic heterocycles. The molecule has 3 aromatic rings. The van der Waals surface area contributed by atoms with Gasteiger partial charge in [0.05, 0.1) is 27.0 Å². The van der Waals surface area contributed by atoms with E-state index >= 15 is 0 Å². The van der Waals surface area contributed by atoms with Crippen LogP contribution >= 0.6 is 22.9 Å². The second-order valence-electron chi connectivity index (χ2n) is 8.95. The third-order valence-corrected chi connectivity index (χ3v) is 7.26. The molecule has 1 aliphatic heterocycles. The molecule has 11 heteroatoms. The first-order valence-electron chi connectivity index (χ1n) is 11.9. The van der Waals surface area contributed by atoms with Gasteiger partial charge in [-0.15, -0.1) is 11.3 Å². The summed E-state index contributed by atoms with van der Waals surface area (Å²) in [5, 5.41) is 7.02. The molecule has 2 atom stereocenters. The summed E-state index contributed by atoms with van der Waals surface area (Å²) < 4.78 is 6.43. The normalized spacial score (nSPS) is 18.8. The zero-order valence-electron chi connectivity index (χ0n) is 20.1. The maximum absolute atomic E-state index is 12.8. The Labute approximate surface area is 213 Å². The second-order valence-corrected chi connectivity index (χ2v) is 10.2. The van der Waals surface area contributed by atoms with Gasteiger partial charge in [-0.1, -0.05) is 38.4 Å². The number of nitrogens with one attached hydrogen (secondary N) is 3. The number of nitrogens with zero attached hydrogens (tertiary/aromatic N) is 3. The number of likely N-dealkylation sites (tertiary alicyclic amines) is 1. The number of thiazole rings is 1. The zero-order chi connectivity index (χ0) is 24.9. The SMILES string of the molecule is CCc1[nH]c(C(=O)NC2CCN(CCOC(=O)c3cccc4ncsc34)CC2NC(C)C)nc1Cl. The second kappa shape index (κ2) is 11.5. The highest BCUT2D eigenvalue weighted by molar-refractivity contribution is 7.17. The summed E-state index contributed by atoms with van der Waals surface area (Å²) >= 11 is 7.54. The van der Waals surface area contributed by atoms with Crippen molar-refractivity contribution in [3.63, 3.8) is 0 Å². The van der Waals surface area contributed by atoms with Gasteiger partial charge in [0.1, 0.15) is 6.61 Å². The number of carbonyl (C=O) groups is 2. The standard InChI is InChI=1S/C24H31ClN6O3S/c1-4-16-21(25)30-22(28-16)23(32)29-17-8-9-31(12-19(17)27-14(2)3)10-11-34-24(33)15-6-5-7-18-20(15)35-13-26-18/h5-7,13-14,17,19,27H,4,8-12H2,1-3H3,(H,28,30)(H,29,32). The lowest BCUT2D eigenvalue weighted by molar-refractivity contribution is 0.0429. The maximum atomic E-state index is 12.8. The van der Waals surface area contributed by atoms with Gasteiger partial charge in [-0.3, -0.25) is 9.69 Å². The van der Waals surface area contributed by atoms with Gasteiger partial charge in [0, 0.05) is 37.8 Å². The van der Waals surface area contributed by atoms with Crippen LogP contribution in [0, 0.1) is 0 Å². The number of hydrogen-bond acceptors (Lipinski definition) is 8. The molecule has 1 saturated heterocycles. The molecule has 3 heterocycles. The van der Waals surface area contributed by atoms with Gasteiger partial charge in [0.25, 0.3) is 5.91 Å². The lowest BCUT2D eigenvalue weighted by Gasteiger charge is -2.40. The Morgan fingerprint density at radius 3 is 2.91 bits per heavy atom. The number of hydrogen-bond donors (Lipinski definition) is 3. The molecule has 3 N–H and O–H groups in total. The molecule has 0 aliphatic carbocycles. The predicted octanol–water partition coefficient (Wildman–Crippen LogP) is 3.26. The average molecular weight is 519 g/mol. The van der Waals surface area contributed by atoms with Gasteiger partial charge in [-0.25, -0.2) is 14.8 Å². The number of halogens is 1. The summed E-state index contributed by atoms with van der Waals surface area (Å²) in [7, 11) is 0. The number of aromatic nitrogens is 3. The van der Waals surface area contributed by atoms with Crippen LogP contribution in [0.5, 0.6) is 0 Å². The molecule has 0 radical (unpaired) electrons. The Hall–Kier alpha value is -2.53. The number of H-pyrrole nitrogens is 1. The molecule has 9 nitrogen and oxygen atoms in total. The number of piperidine rings is 1. The van der Waals surface area contributed by atoms with Crippen LogP contribution < -0.4 is 10.6 Å². The first kappa shape index (κ1) is 25.6. The van der Waals surface area contributed by atoms with E-state index in [2.05, 4.69) is 44.3 Å². The van der Waals surface area contributed by atoms with E-state index in [1.165, 1.54) is 11.3 Å². The average Bonchev–Trinajstić information content (AvgIpc) is 3.46.